The number of amides is 1. The highest BCUT2D eigenvalue weighted by atomic mass is 32.1. The summed E-state index contributed by atoms with van der Waals surface area (Å²) in [6.07, 6.45) is 1.07. The number of nitrogens with zero attached hydrogens (tertiary/aromatic N) is 2. The molecule has 1 aromatic carbocycles. The Labute approximate surface area is 146 Å². The Morgan fingerprint density at radius 1 is 1.21 bits per heavy atom. The number of benzene rings is 1. The molecule has 24 heavy (non-hydrogen) atoms. The summed E-state index contributed by atoms with van der Waals surface area (Å²) in [7, 11) is 3.03. The van der Waals surface area contributed by atoms with Gasteiger partial charge in [0.15, 0.2) is 0 Å². The van der Waals surface area contributed by atoms with E-state index < -0.39 is 0 Å². The Morgan fingerprint density at radius 3 is 2.38 bits per heavy atom. The van der Waals surface area contributed by atoms with Gasteiger partial charge in [0.05, 0.1) is 14.2 Å². The van der Waals surface area contributed by atoms with E-state index in [4.69, 9.17) is 9.47 Å². The first-order valence-corrected chi connectivity index (χ1v) is 8.69. The minimum atomic E-state index is -0.330. The summed E-state index contributed by atoms with van der Waals surface area (Å²) in [6.45, 7) is 6.46. The van der Waals surface area contributed by atoms with E-state index in [0.717, 1.165) is 11.4 Å². The van der Waals surface area contributed by atoms with Crippen LogP contribution < -0.4 is 14.8 Å². The predicted molar refractivity (Wildman–Crippen MR) is 95.3 cm³/mol. The molecule has 0 aliphatic rings. The summed E-state index contributed by atoms with van der Waals surface area (Å²) >= 11 is 1.40. The SMILES string of the molecule is CCC(C)C(C)c1nnc(NC(=O)c2c(OC)cccc2OC)s1. The van der Waals surface area contributed by atoms with E-state index in [1.807, 2.05) is 0 Å². The highest BCUT2D eigenvalue weighted by Gasteiger charge is 2.21. The third kappa shape index (κ3) is 3.84. The van der Waals surface area contributed by atoms with Crippen molar-refractivity contribution in [2.24, 2.45) is 5.92 Å². The summed E-state index contributed by atoms with van der Waals surface area (Å²) in [5.41, 5.74) is 0.342. The molecule has 1 N–H and O–H groups in total. The van der Waals surface area contributed by atoms with Gasteiger partial charge in [-0.3, -0.25) is 10.1 Å². The zero-order valence-electron chi connectivity index (χ0n) is 14.6. The molecule has 2 aromatic rings. The number of rotatable bonds is 7. The average molecular weight is 349 g/mol. The van der Waals surface area contributed by atoms with Crippen LogP contribution in [-0.2, 0) is 0 Å². The van der Waals surface area contributed by atoms with Crippen LogP contribution in [0.25, 0.3) is 0 Å². The maximum absolute atomic E-state index is 12.6. The molecule has 1 aromatic heterocycles. The number of nitrogens with one attached hydrogen (secondary N) is 1. The largest absolute Gasteiger partial charge is 0.496 e. The van der Waals surface area contributed by atoms with Crippen molar-refractivity contribution < 1.29 is 14.3 Å². The van der Waals surface area contributed by atoms with E-state index in [9.17, 15) is 4.79 Å². The van der Waals surface area contributed by atoms with E-state index in [1.54, 1.807) is 18.2 Å². The van der Waals surface area contributed by atoms with E-state index >= 15 is 0 Å². The predicted octanol–water partition coefficient (Wildman–Crippen LogP) is 3.96. The number of hydrogen-bond acceptors (Lipinski definition) is 6. The molecule has 2 unspecified atom stereocenters. The van der Waals surface area contributed by atoms with Crippen molar-refractivity contribution in [1.82, 2.24) is 10.2 Å². The summed E-state index contributed by atoms with van der Waals surface area (Å²) in [5.74, 6) is 1.38. The van der Waals surface area contributed by atoms with Crippen LogP contribution in [0, 0.1) is 5.92 Å². The minimum absolute atomic E-state index is 0.305. The van der Waals surface area contributed by atoms with Gasteiger partial charge in [-0.05, 0) is 18.1 Å². The number of anilines is 1. The standard InChI is InChI=1S/C17H23N3O3S/c1-6-10(2)11(3)16-19-20-17(24-16)18-15(21)14-12(22-4)8-7-9-13(14)23-5/h7-11H,6H2,1-5H3,(H,18,20,21). The molecule has 0 radical (unpaired) electrons. The second kappa shape index (κ2) is 8.10. The number of aromatic nitrogens is 2. The molecule has 6 nitrogen and oxygen atoms in total. The monoisotopic (exact) mass is 349 g/mol. The smallest absolute Gasteiger partial charge is 0.265 e. The van der Waals surface area contributed by atoms with Crippen molar-refractivity contribution in [3.63, 3.8) is 0 Å². The third-order valence-electron chi connectivity index (χ3n) is 4.20. The minimum Gasteiger partial charge on any atom is -0.496 e. The van der Waals surface area contributed by atoms with Crippen LogP contribution in [0.3, 0.4) is 0 Å². The van der Waals surface area contributed by atoms with Crippen molar-refractivity contribution >= 4 is 22.4 Å². The zero-order valence-corrected chi connectivity index (χ0v) is 15.4. The number of carbonyl (C=O) groups excluding carboxylic acids is 1. The molecule has 0 bridgehead atoms. The molecular formula is C17H23N3O3S. The lowest BCUT2D eigenvalue weighted by molar-refractivity contribution is 0.102. The van der Waals surface area contributed by atoms with Gasteiger partial charge in [-0.2, -0.15) is 0 Å². The second-order valence-corrected chi connectivity index (χ2v) is 6.62. The van der Waals surface area contributed by atoms with E-state index in [1.165, 1.54) is 25.6 Å². The maximum atomic E-state index is 12.6. The topological polar surface area (TPSA) is 73.3 Å². The van der Waals surface area contributed by atoms with E-state index in [2.05, 4.69) is 36.3 Å². The van der Waals surface area contributed by atoms with Gasteiger partial charge < -0.3 is 9.47 Å². The fourth-order valence-corrected chi connectivity index (χ4v) is 3.22. The summed E-state index contributed by atoms with van der Waals surface area (Å²) < 4.78 is 10.5. The lowest BCUT2D eigenvalue weighted by Gasteiger charge is -2.14. The summed E-state index contributed by atoms with van der Waals surface area (Å²) in [6, 6.07) is 5.20. The Kier molecular flexibility index (Phi) is 6.14. The van der Waals surface area contributed by atoms with Gasteiger partial charge in [-0.15, -0.1) is 10.2 Å². The molecular weight excluding hydrogens is 326 g/mol. The highest BCUT2D eigenvalue weighted by molar-refractivity contribution is 7.15. The van der Waals surface area contributed by atoms with Crippen molar-refractivity contribution in [3.8, 4) is 11.5 Å². The van der Waals surface area contributed by atoms with Crippen molar-refractivity contribution in [2.75, 3.05) is 19.5 Å². The fraction of sp³-hybridized carbons (Fsp3) is 0.471. The molecule has 7 heteroatoms. The van der Waals surface area contributed by atoms with Crippen LogP contribution in [-0.4, -0.2) is 30.3 Å². The quantitative estimate of drug-likeness (QED) is 0.819. The lowest BCUT2D eigenvalue weighted by Crippen LogP contribution is -2.14. The molecule has 0 saturated heterocycles. The molecule has 0 spiro atoms. The first-order chi connectivity index (χ1) is 11.5. The second-order valence-electron chi connectivity index (χ2n) is 5.61. The number of methoxy groups -OCH3 is 2. The zero-order chi connectivity index (χ0) is 17.7. The van der Waals surface area contributed by atoms with Crippen LogP contribution in [0.5, 0.6) is 11.5 Å². The van der Waals surface area contributed by atoms with Crippen LogP contribution in [0.2, 0.25) is 0 Å². The molecule has 0 aliphatic heterocycles. The van der Waals surface area contributed by atoms with Gasteiger partial charge in [0.25, 0.3) is 5.91 Å². The van der Waals surface area contributed by atoms with Crippen LogP contribution >= 0.6 is 11.3 Å². The molecule has 0 saturated carbocycles. The Hall–Kier alpha value is -2.15. The van der Waals surface area contributed by atoms with E-state index in [0.29, 0.717) is 34.0 Å². The highest BCUT2D eigenvalue weighted by Crippen LogP contribution is 2.32. The number of hydrogen-bond donors (Lipinski definition) is 1. The first kappa shape index (κ1) is 18.2. The van der Waals surface area contributed by atoms with Gasteiger partial charge in [0, 0.05) is 5.92 Å². The van der Waals surface area contributed by atoms with Gasteiger partial charge >= 0.3 is 0 Å². The van der Waals surface area contributed by atoms with Crippen molar-refractivity contribution in [3.05, 3.63) is 28.8 Å². The van der Waals surface area contributed by atoms with Crippen LogP contribution in [0.1, 0.15) is 48.5 Å². The number of ether oxygens (including phenoxy) is 2. The third-order valence-corrected chi connectivity index (χ3v) is 5.24. The molecule has 130 valence electrons. The van der Waals surface area contributed by atoms with Gasteiger partial charge in [-0.25, -0.2) is 0 Å². The Bertz CT molecular complexity index is 680. The number of carbonyl (C=O) groups is 1. The van der Waals surface area contributed by atoms with E-state index in [-0.39, 0.29) is 5.91 Å². The average Bonchev–Trinajstić information content (AvgIpc) is 3.07. The molecule has 1 heterocycles. The summed E-state index contributed by atoms with van der Waals surface area (Å²) in [4.78, 5) is 12.6. The first-order valence-electron chi connectivity index (χ1n) is 7.87. The van der Waals surface area contributed by atoms with Crippen LogP contribution in [0.15, 0.2) is 18.2 Å². The lowest BCUT2D eigenvalue weighted by atomic mass is 9.94. The van der Waals surface area contributed by atoms with Gasteiger partial charge in [0.2, 0.25) is 5.13 Å². The van der Waals surface area contributed by atoms with Gasteiger partial charge in [-0.1, -0.05) is 44.6 Å². The molecule has 0 fully saturated rings. The molecule has 1 amide bonds. The van der Waals surface area contributed by atoms with Crippen LogP contribution in [0.4, 0.5) is 5.13 Å². The Balaban J connectivity index is 2.21. The molecule has 2 atom stereocenters. The molecule has 2 rings (SSSR count). The molecule has 0 aliphatic carbocycles. The van der Waals surface area contributed by atoms with Gasteiger partial charge in [0.1, 0.15) is 22.1 Å². The fourth-order valence-electron chi connectivity index (χ4n) is 2.30. The normalized spacial score (nSPS) is 13.2. The Morgan fingerprint density at radius 2 is 1.83 bits per heavy atom. The van der Waals surface area contributed by atoms with Crippen molar-refractivity contribution in [1.29, 1.82) is 0 Å². The summed E-state index contributed by atoms with van der Waals surface area (Å²) in [5, 5.41) is 12.5. The van der Waals surface area contributed by atoms with Crippen molar-refractivity contribution in [2.45, 2.75) is 33.1 Å². The maximum Gasteiger partial charge on any atom is 0.265 e.